The lowest BCUT2D eigenvalue weighted by Gasteiger charge is -2.26. The van der Waals surface area contributed by atoms with Gasteiger partial charge in [-0.1, -0.05) is 34.6 Å². The molecule has 100 valence electrons. The van der Waals surface area contributed by atoms with Crippen molar-refractivity contribution < 1.29 is 0 Å². The first-order valence-electron chi connectivity index (χ1n) is 6.93. The summed E-state index contributed by atoms with van der Waals surface area (Å²) in [5, 5.41) is 0. The van der Waals surface area contributed by atoms with Gasteiger partial charge in [0.15, 0.2) is 0 Å². The average molecular weight is 247 g/mol. The first kappa shape index (κ1) is 13.5. The van der Waals surface area contributed by atoms with Gasteiger partial charge in [0.1, 0.15) is 5.82 Å². The van der Waals surface area contributed by atoms with Crippen molar-refractivity contribution in [1.29, 1.82) is 0 Å². The zero-order chi connectivity index (χ0) is 13.5. The third kappa shape index (κ3) is 2.89. The molecule has 2 N–H and O–H groups in total. The van der Waals surface area contributed by atoms with E-state index in [1.165, 1.54) is 18.5 Å². The molecular weight excluding hydrogens is 222 g/mol. The van der Waals surface area contributed by atoms with E-state index in [0.29, 0.717) is 11.8 Å². The molecule has 1 aromatic heterocycles. The lowest BCUT2D eigenvalue weighted by atomic mass is 9.86. The fourth-order valence-corrected chi connectivity index (χ4v) is 1.92. The van der Waals surface area contributed by atoms with E-state index in [2.05, 4.69) is 45.7 Å². The van der Waals surface area contributed by atoms with E-state index in [-0.39, 0.29) is 11.5 Å². The van der Waals surface area contributed by atoms with Gasteiger partial charge in [0, 0.05) is 17.3 Å². The minimum Gasteiger partial charge on any atom is -0.321 e. The molecule has 0 radical (unpaired) electrons. The molecule has 18 heavy (non-hydrogen) atoms. The molecule has 1 saturated carbocycles. The maximum Gasteiger partial charge on any atom is 0.146 e. The second-order valence-electron chi connectivity index (χ2n) is 6.85. The average Bonchev–Trinajstić information content (AvgIpc) is 3.09. The molecule has 1 aromatic rings. The van der Waals surface area contributed by atoms with Gasteiger partial charge < -0.3 is 5.73 Å². The molecule has 3 heteroatoms. The maximum atomic E-state index is 6.31. The van der Waals surface area contributed by atoms with Crippen LogP contribution in [0.3, 0.4) is 0 Å². The molecule has 0 bridgehead atoms. The Balaban J connectivity index is 2.40. The number of nitrogens with two attached hydrogens (primary N) is 1. The van der Waals surface area contributed by atoms with Crippen molar-refractivity contribution in [2.45, 2.75) is 65.3 Å². The summed E-state index contributed by atoms with van der Waals surface area (Å²) in [6, 6.07) is 2.06. The summed E-state index contributed by atoms with van der Waals surface area (Å²) in [5.41, 5.74) is 8.63. The predicted molar refractivity (Wildman–Crippen MR) is 74.5 cm³/mol. The van der Waals surface area contributed by atoms with Gasteiger partial charge >= 0.3 is 0 Å². The Labute approximate surface area is 110 Å². The van der Waals surface area contributed by atoms with E-state index >= 15 is 0 Å². The Morgan fingerprint density at radius 3 is 2.28 bits per heavy atom. The number of aromatic nitrogens is 2. The summed E-state index contributed by atoms with van der Waals surface area (Å²) in [7, 11) is 0. The fraction of sp³-hybridized carbons (Fsp3) is 0.733. The zero-order valence-electron chi connectivity index (χ0n) is 12.2. The van der Waals surface area contributed by atoms with E-state index in [0.717, 1.165) is 11.5 Å². The second kappa shape index (κ2) is 4.61. The Hall–Kier alpha value is -0.960. The number of hydrogen-bond donors (Lipinski definition) is 1. The summed E-state index contributed by atoms with van der Waals surface area (Å²) in [6.45, 7) is 10.8. The third-order valence-electron chi connectivity index (χ3n) is 3.58. The Kier molecular flexibility index (Phi) is 3.45. The minimum absolute atomic E-state index is 0.00355. The molecule has 0 aromatic carbocycles. The molecular formula is C15H25N3. The van der Waals surface area contributed by atoms with Crippen LogP contribution in [0.1, 0.15) is 82.6 Å². The van der Waals surface area contributed by atoms with E-state index in [4.69, 9.17) is 10.7 Å². The van der Waals surface area contributed by atoms with Gasteiger partial charge in [0.05, 0.1) is 6.04 Å². The summed E-state index contributed by atoms with van der Waals surface area (Å²) in [4.78, 5) is 9.38. The van der Waals surface area contributed by atoms with Crippen molar-refractivity contribution in [3.8, 4) is 0 Å². The van der Waals surface area contributed by atoms with Gasteiger partial charge in [-0.25, -0.2) is 9.97 Å². The lowest BCUT2D eigenvalue weighted by Crippen LogP contribution is -2.29. The van der Waals surface area contributed by atoms with Crippen LogP contribution in [-0.4, -0.2) is 9.97 Å². The first-order valence-corrected chi connectivity index (χ1v) is 6.93. The van der Waals surface area contributed by atoms with Crippen molar-refractivity contribution in [2.75, 3.05) is 0 Å². The highest BCUT2D eigenvalue weighted by Gasteiger charge is 2.30. The topological polar surface area (TPSA) is 51.8 Å². The van der Waals surface area contributed by atoms with Crippen LogP contribution in [0.5, 0.6) is 0 Å². The molecule has 0 amide bonds. The molecule has 1 aliphatic rings. The number of nitrogens with zero attached hydrogens (tertiary/aromatic N) is 2. The SMILES string of the molecule is CC(C)c1cc(C2CC2)nc(C(N)C(C)(C)C)n1. The van der Waals surface area contributed by atoms with Crippen molar-refractivity contribution in [3.63, 3.8) is 0 Å². The van der Waals surface area contributed by atoms with E-state index in [9.17, 15) is 0 Å². The lowest BCUT2D eigenvalue weighted by molar-refractivity contribution is 0.314. The van der Waals surface area contributed by atoms with E-state index in [1.807, 2.05) is 0 Å². The molecule has 0 aliphatic heterocycles. The maximum absolute atomic E-state index is 6.31. The molecule has 1 fully saturated rings. The standard InChI is InChI=1S/C15H25N3/c1-9(2)11-8-12(10-6-7-10)18-14(17-11)13(16)15(3,4)5/h8-10,13H,6-7,16H2,1-5H3. The summed E-state index contributed by atoms with van der Waals surface area (Å²) in [5.74, 6) is 1.89. The van der Waals surface area contributed by atoms with Crippen LogP contribution in [0.2, 0.25) is 0 Å². The van der Waals surface area contributed by atoms with Crippen LogP contribution in [0.25, 0.3) is 0 Å². The Bertz CT molecular complexity index is 408. The van der Waals surface area contributed by atoms with Crippen molar-refractivity contribution in [1.82, 2.24) is 9.97 Å². The third-order valence-corrected chi connectivity index (χ3v) is 3.58. The van der Waals surface area contributed by atoms with Crippen molar-refractivity contribution in [2.24, 2.45) is 11.1 Å². The highest BCUT2D eigenvalue weighted by atomic mass is 15.0. The first-order chi connectivity index (χ1) is 8.29. The fourth-order valence-electron chi connectivity index (χ4n) is 1.92. The van der Waals surface area contributed by atoms with E-state index < -0.39 is 0 Å². The molecule has 1 unspecified atom stereocenters. The largest absolute Gasteiger partial charge is 0.321 e. The van der Waals surface area contributed by atoms with Gasteiger partial charge in [-0.05, 0) is 30.2 Å². The molecule has 0 saturated heterocycles. The van der Waals surface area contributed by atoms with Crippen molar-refractivity contribution in [3.05, 3.63) is 23.3 Å². The predicted octanol–water partition coefficient (Wildman–Crippen LogP) is 3.52. The quantitative estimate of drug-likeness (QED) is 0.889. The van der Waals surface area contributed by atoms with Crippen LogP contribution in [0.15, 0.2) is 6.07 Å². The second-order valence-corrected chi connectivity index (χ2v) is 6.85. The van der Waals surface area contributed by atoms with Gasteiger partial charge in [0.2, 0.25) is 0 Å². The zero-order valence-corrected chi connectivity index (χ0v) is 12.2. The Morgan fingerprint density at radius 2 is 1.83 bits per heavy atom. The van der Waals surface area contributed by atoms with E-state index in [1.54, 1.807) is 0 Å². The van der Waals surface area contributed by atoms with Gasteiger partial charge in [-0.15, -0.1) is 0 Å². The minimum atomic E-state index is -0.103. The highest BCUT2D eigenvalue weighted by Crippen LogP contribution is 2.40. The van der Waals surface area contributed by atoms with Gasteiger partial charge in [-0.2, -0.15) is 0 Å². The van der Waals surface area contributed by atoms with Gasteiger partial charge in [-0.3, -0.25) is 0 Å². The van der Waals surface area contributed by atoms with Gasteiger partial charge in [0.25, 0.3) is 0 Å². The van der Waals surface area contributed by atoms with Crippen LogP contribution in [-0.2, 0) is 0 Å². The monoisotopic (exact) mass is 247 g/mol. The smallest absolute Gasteiger partial charge is 0.146 e. The van der Waals surface area contributed by atoms with Crippen LogP contribution >= 0.6 is 0 Å². The summed E-state index contributed by atoms with van der Waals surface area (Å²) >= 11 is 0. The van der Waals surface area contributed by atoms with Crippen LogP contribution in [0, 0.1) is 5.41 Å². The molecule has 1 aliphatic carbocycles. The summed E-state index contributed by atoms with van der Waals surface area (Å²) in [6.07, 6.45) is 2.53. The number of hydrogen-bond acceptors (Lipinski definition) is 3. The molecule has 0 spiro atoms. The Morgan fingerprint density at radius 1 is 1.22 bits per heavy atom. The highest BCUT2D eigenvalue weighted by molar-refractivity contribution is 5.22. The van der Waals surface area contributed by atoms with Crippen LogP contribution < -0.4 is 5.73 Å². The molecule has 1 atom stereocenters. The normalized spacial score (nSPS) is 18.2. The molecule has 3 nitrogen and oxygen atoms in total. The summed E-state index contributed by atoms with van der Waals surface area (Å²) < 4.78 is 0. The molecule has 1 heterocycles. The number of rotatable bonds is 3. The van der Waals surface area contributed by atoms with Crippen LogP contribution in [0.4, 0.5) is 0 Å². The van der Waals surface area contributed by atoms with Crippen molar-refractivity contribution >= 4 is 0 Å². The molecule has 2 rings (SSSR count).